The van der Waals surface area contributed by atoms with E-state index in [1.54, 1.807) is 6.92 Å². The molecule has 21 heavy (non-hydrogen) atoms. The lowest BCUT2D eigenvalue weighted by Crippen LogP contribution is -2.34. The van der Waals surface area contributed by atoms with Gasteiger partial charge in [-0.15, -0.1) is 0 Å². The van der Waals surface area contributed by atoms with Crippen LogP contribution in [0, 0.1) is 28.4 Å². The number of benzene rings is 1. The van der Waals surface area contributed by atoms with Crippen LogP contribution >= 0.6 is 11.6 Å². The summed E-state index contributed by atoms with van der Waals surface area (Å²) in [6, 6.07) is 3.44. The zero-order valence-electron chi connectivity index (χ0n) is 11.5. The van der Waals surface area contributed by atoms with E-state index in [9.17, 15) is 18.5 Å². The van der Waals surface area contributed by atoms with E-state index in [1.807, 2.05) is 6.07 Å². The number of sulfonamides is 1. The van der Waals surface area contributed by atoms with E-state index in [0.717, 1.165) is 12.1 Å². The van der Waals surface area contributed by atoms with Gasteiger partial charge in [-0.25, -0.2) is 13.1 Å². The maximum absolute atomic E-state index is 12.2. The van der Waals surface area contributed by atoms with Crippen molar-refractivity contribution in [1.29, 1.82) is 5.26 Å². The molecule has 0 amide bonds. The van der Waals surface area contributed by atoms with Crippen LogP contribution in [-0.4, -0.2) is 19.4 Å². The van der Waals surface area contributed by atoms with Crippen LogP contribution in [0.3, 0.4) is 0 Å². The van der Waals surface area contributed by atoms with Crippen molar-refractivity contribution in [3.8, 4) is 6.07 Å². The molecule has 1 unspecified atom stereocenters. The van der Waals surface area contributed by atoms with E-state index in [0.29, 0.717) is 6.42 Å². The summed E-state index contributed by atoms with van der Waals surface area (Å²) >= 11 is 5.85. The van der Waals surface area contributed by atoms with Crippen LogP contribution in [0.5, 0.6) is 0 Å². The predicted octanol–water partition coefficient (Wildman–Crippen LogP) is 2.53. The molecule has 0 aliphatic rings. The van der Waals surface area contributed by atoms with Gasteiger partial charge in [-0.05, 0) is 19.4 Å². The third kappa shape index (κ3) is 4.14. The highest BCUT2D eigenvalue weighted by Gasteiger charge is 2.24. The van der Waals surface area contributed by atoms with Crippen LogP contribution in [0.25, 0.3) is 0 Å². The Hall–Kier alpha value is -1.69. The number of nitro groups is 1. The third-order valence-corrected chi connectivity index (χ3v) is 4.84. The number of hydrogen-bond donors (Lipinski definition) is 1. The molecule has 0 radical (unpaired) electrons. The lowest BCUT2D eigenvalue weighted by Gasteiger charge is -2.14. The summed E-state index contributed by atoms with van der Waals surface area (Å²) in [5.74, 6) is 0. The van der Waals surface area contributed by atoms with E-state index in [-0.39, 0.29) is 27.6 Å². The molecule has 0 saturated heterocycles. The van der Waals surface area contributed by atoms with E-state index in [2.05, 4.69) is 4.72 Å². The number of nitrogens with zero attached hydrogens (tertiary/aromatic N) is 2. The van der Waals surface area contributed by atoms with Crippen LogP contribution < -0.4 is 4.72 Å². The first-order valence-electron chi connectivity index (χ1n) is 6.06. The minimum Gasteiger partial charge on any atom is -0.258 e. The second-order valence-electron chi connectivity index (χ2n) is 4.40. The number of hydrogen-bond acceptors (Lipinski definition) is 5. The highest BCUT2D eigenvalue weighted by molar-refractivity contribution is 7.89. The Morgan fingerprint density at radius 1 is 1.52 bits per heavy atom. The Balaban J connectivity index is 3.26. The number of nitrogens with one attached hydrogen (secondary N) is 1. The van der Waals surface area contributed by atoms with Gasteiger partial charge in [-0.3, -0.25) is 10.1 Å². The highest BCUT2D eigenvalue weighted by Crippen LogP contribution is 2.29. The van der Waals surface area contributed by atoms with Crippen molar-refractivity contribution in [2.75, 3.05) is 0 Å². The van der Waals surface area contributed by atoms with Crippen molar-refractivity contribution in [1.82, 2.24) is 4.72 Å². The van der Waals surface area contributed by atoms with Gasteiger partial charge in [0, 0.05) is 17.7 Å². The van der Waals surface area contributed by atoms with Crippen LogP contribution in [0.2, 0.25) is 5.02 Å². The number of nitriles is 1. The SMILES string of the molecule is CCC(CC#N)NS(=O)(=O)c1cc(Cl)c(C)c([N+](=O)[O-])c1. The Labute approximate surface area is 127 Å². The Kier molecular flexibility index (Phi) is 5.66. The summed E-state index contributed by atoms with van der Waals surface area (Å²) in [7, 11) is -3.98. The summed E-state index contributed by atoms with van der Waals surface area (Å²) in [5, 5.41) is 19.6. The predicted molar refractivity (Wildman–Crippen MR) is 77.5 cm³/mol. The lowest BCUT2D eigenvalue weighted by atomic mass is 10.2. The van der Waals surface area contributed by atoms with Gasteiger partial charge in [-0.2, -0.15) is 5.26 Å². The van der Waals surface area contributed by atoms with Gasteiger partial charge >= 0.3 is 0 Å². The van der Waals surface area contributed by atoms with Gasteiger partial charge in [-0.1, -0.05) is 18.5 Å². The first-order chi connectivity index (χ1) is 9.72. The van der Waals surface area contributed by atoms with Crippen molar-refractivity contribution in [3.05, 3.63) is 32.8 Å². The monoisotopic (exact) mass is 331 g/mol. The molecule has 1 atom stereocenters. The minimum absolute atomic E-state index is 0.00194. The van der Waals surface area contributed by atoms with Crippen LogP contribution in [0.1, 0.15) is 25.3 Å². The Morgan fingerprint density at radius 2 is 2.14 bits per heavy atom. The molecule has 1 aromatic carbocycles. The minimum atomic E-state index is -3.98. The first kappa shape index (κ1) is 17.4. The molecule has 7 nitrogen and oxygen atoms in total. The molecule has 0 aliphatic heterocycles. The van der Waals surface area contributed by atoms with E-state index in [4.69, 9.17) is 16.9 Å². The molecule has 0 saturated carbocycles. The second-order valence-corrected chi connectivity index (χ2v) is 6.52. The Morgan fingerprint density at radius 3 is 2.62 bits per heavy atom. The molecule has 114 valence electrons. The Bertz CT molecular complexity index is 697. The summed E-state index contributed by atoms with van der Waals surface area (Å²) in [4.78, 5) is 9.94. The van der Waals surface area contributed by atoms with Crippen molar-refractivity contribution < 1.29 is 13.3 Å². The number of nitro benzene ring substituents is 1. The van der Waals surface area contributed by atoms with E-state index in [1.165, 1.54) is 6.92 Å². The van der Waals surface area contributed by atoms with Gasteiger partial charge in [0.15, 0.2) is 0 Å². The average molecular weight is 332 g/mol. The fourth-order valence-corrected chi connectivity index (χ4v) is 3.30. The molecule has 0 heterocycles. The van der Waals surface area contributed by atoms with Gasteiger partial charge in [0.05, 0.1) is 27.3 Å². The van der Waals surface area contributed by atoms with Crippen LogP contribution in [0.15, 0.2) is 17.0 Å². The van der Waals surface area contributed by atoms with Crippen LogP contribution in [0.4, 0.5) is 5.69 Å². The molecule has 0 aliphatic carbocycles. The second kappa shape index (κ2) is 6.85. The van der Waals surface area contributed by atoms with Gasteiger partial charge in [0.25, 0.3) is 5.69 Å². The van der Waals surface area contributed by atoms with Gasteiger partial charge in [0.2, 0.25) is 10.0 Å². The highest BCUT2D eigenvalue weighted by atomic mass is 35.5. The van der Waals surface area contributed by atoms with Crippen molar-refractivity contribution in [2.24, 2.45) is 0 Å². The van der Waals surface area contributed by atoms with Crippen LogP contribution in [-0.2, 0) is 10.0 Å². The lowest BCUT2D eigenvalue weighted by molar-refractivity contribution is -0.385. The maximum atomic E-state index is 12.2. The number of halogens is 1. The quantitative estimate of drug-likeness (QED) is 0.635. The summed E-state index contributed by atoms with van der Waals surface area (Å²) in [6.07, 6.45) is 0.436. The summed E-state index contributed by atoms with van der Waals surface area (Å²) < 4.78 is 26.8. The molecular formula is C12H14ClN3O4S. The molecule has 1 N–H and O–H groups in total. The molecule has 0 fully saturated rings. The molecule has 0 bridgehead atoms. The topological polar surface area (TPSA) is 113 Å². The maximum Gasteiger partial charge on any atom is 0.275 e. The largest absolute Gasteiger partial charge is 0.275 e. The van der Waals surface area contributed by atoms with E-state index >= 15 is 0 Å². The summed E-state index contributed by atoms with van der Waals surface area (Å²) in [6.45, 7) is 3.17. The normalized spacial score (nSPS) is 12.7. The molecule has 0 aromatic heterocycles. The zero-order valence-corrected chi connectivity index (χ0v) is 13.0. The smallest absolute Gasteiger partial charge is 0.258 e. The molecule has 0 spiro atoms. The summed E-state index contributed by atoms with van der Waals surface area (Å²) in [5.41, 5.74) is -0.166. The fraction of sp³-hybridized carbons (Fsp3) is 0.417. The van der Waals surface area contributed by atoms with Gasteiger partial charge < -0.3 is 0 Å². The van der Waals surface area contributed by atoms with Gasteiger partial charge in [0.1, 0.15) is 0 Å². The molecule has 9 heteroatoms. The fourth-order valence-electron chi connectivity index (χ4n) is 1.65. The molecular weight excluding hydrogens is 318 g/mol. The van der Waals surface area contributed by atoms with E-state index < -0.39 is 21.0 Å². The van der Waals surface area contributed by atoms with Crippen molar-refractivity contribution in [3.63, 3.8) is 0 Å². The van der Waals surface area contributed by atoms with Crippen molar-refractivity contribution >= 4 is 27.3 Å². The standard InChI is InChI=1S/C12H14ClN3O4S/c1-3-9(4-5-14)15-21(19,20)10-6-11(13)8(2)12(7-10)16(17)18/h6-7,9,15H,3-4H2,1-2H3. The molecule has 1 aromatic rings. The zero-order chi connectivity index (χ0) is 16.2. The third-order valence-electron chi connectivity index (χ3n) is 2.95. The van der Waals surface area contributed by atoms with Crippen molar-refractivity contribution in [2.45, 2.75) is 37.6 Å². The average Bonchev–Trinajstić information content (AvgIpc) is 2.40. The number of rotatable bonds is 6. The molecule has 1 rings (SSSR count). The first-order valence-corrected chi connectivity index (χ1v) is 7.92.